The molecule has 0 N–H and O–H groups in total. The van der Waals surface area contributed by atoms with Crippen molar-refractivity contribution in [1.82, 2.24) is 0 Å². The molecule has 0 saturated carbocycles. The van der Waals surface area contributed by atoms with Crippen molar-refractivity contribution in [2.45, 2.75) is 75.8 Å². The highest BCUT2D eigenvalue weighted by Crippen LogP contribution is 2.45. The summed E-state index contributed by atoms with van der Waals surface area (Å²) in [7, 11) is -7.41. The van der Waals surface area contributed by atoms with E-state index in [0.29, 0.717) is 29.6 Å². The van der Waals surface area contributed by atoms with Gasteiger partial charge in [0.1, 0.15) is 0 Å². The summed E-state index contributed by atoms with van der Waals surface area (Å²) >= 11 is 0. The van der Waals surface area contributed by atoms with Gasteiger partial charge in [0.2, 0.25) is 0 Å². The molecule has 5 nitrogen and oxygen atoms in total. The van der Waals surface area contributed by atoms with Crippen molar-refractivity contribution in [3.05, 3.63) is 82.5 Å². The zero-order valence-electron chi connectivity index (χ0n) is 22.0. The Balaban J connectivity index is 2.04. The van der Waals surface area contributed by atoms with Gasteiger partial charge < -0.3 is 0 Å². The van der Waals surface area contributed by atoms with Crippen LogP contribution in [0.3, 0.4) is 0 Å². The molecule has 36 heavy (non-hydrogen) atoms. The van der Waals surface area contributed by atoms with Crippen molar-refractivity contribution in [3.8, 4) is 0 Å². The van der Waals surface area contributed by atoms with E-state index in [9.17, 15) is 21.6 Å². The smallest absolute Gasteiger partial charge is 0.185 e. The molecule has 0 spiro atoms. The number of Topliss-reactive ketones (excluding diaryl/α,β-unsaturated/α-hetero) is 1. The third-order valence-corrected chi connectivity index (χ3v) is 10.8. The molecule has 2 aromatic rings. The third-order valence-electron chi connectivity index (χ3n) is 7.11. The molecular weight excluding hydrogens is 492 g/mol. The SMILES string of the molecule is CC(=CCS(=O)(=O)c1ccc(C)cc1)CC(C1=C(C)C(=O)CCC1(C)C)S(=O)(=O)c1ccc(C)cc1. The van der Waals surface area contributed by atoms with Crippen molar-refractivity contribution in [2.24, 2.45) is 5.41 Å². The number of aryl methyl sites for hydroxylation is 2. The predicted molar refractivity (Wildman–Crippen MR) is 144 cm³/mol. The van der Waals surface area contributed by atoms with Crippen LogP contribution in [0.15, 0.2) is 81.1 Å². The van der Waals surface area contributed by atoms with Crippen molar-refractivity contribution in [3.63, 3.8) is 0 Å². The molecule has 1 atom stereocenters. The summed E-state index contributed by atoms with van der Waals surface area (Å²) in [6.45, 7) is 11.2. The summed E-state index contributed by atoms with van der Waals surface area (Å²) in [5, 5.41) is -0.960. The zero-order valence-corrected chi connectivity index (χ0v) is 23.6. The third kappa shape index (κ3) is 6.06. The molecule has 2 aromatic carbocycles. The second-order valence-electron chi connectivity index (χ2n) is 10.5. The molecule has 0 bridgehead atoms. The van der Waals surface area contributed by atoms with Gasteiger partial charge in [-0.1, -0.05) is 60.9 Å². The van der Waals surface area contributed by atoms with Crippen LogP contribution < -0.4 is 0 Å². The molecule has 3 rings (SSSR count). The van der Waals surface area contributed by atoms with Gasteiger partial charge in [-0.25, -0.2) is 16.8 Å². The minimum absolute atomic E-state index is 0.0305. The Bertz CT molecular complexity index is 1410. The fourth-order valence-corrected chi connectivity index (χ4v) is 8.19. The maximum atomic E-state index is 14.0. The second-order valence-corrected chi connectivity index (χ2v) is 14.7. The molecule has 1 unspecified atom stereocenters. The van der Waals surface area contributed by atoms with Gasteiger partial charge in [0, 0.05) is 6.42 Å². The largest absolute Gasteiger partial charge is 0.295 e. The van der Waals surface area contributed by atoms with E-state index >= 15 is 0 Å². The van der Waals surface area contributed by atoms with Crippen LogP contribution in [0.2, 0.25) is 0 Å². The molecule has 194 valence electrons. The Kier molecular flexibility index (Phi) is 8.16. The Morgan fingerprint density at radius 3 is 1.92 bits per heavy atom. The maximum Gasteiger partial charge on any atom is 0.185 e. The monoisotopic (exact) mass is 528 g/mol. The Labute approximate surface area is 216 Å². The number of sulfone groups is 2. The lowest BCUT2D eigenvalue weighted by molar-refractivity contribution is -0.116. The zero-order chi connectivity index (χ0) is 26.9. The topological polar surface area (TPSA) is 85.3 Å². The predicted octanol–water partition coefficient (Wildman–Crippen LogP) is 5.96. The second kappa shape index (κ2) is 10.5. The van der Waals surface area contributed by atoms with E-state index in [0.717, 1.165) is 11.1 Å². The lowest BCUT2D eigenvalue weighted by Crippen LogP contribution is -2.37. The highest BCUT2D eigenvalue weighted by atomic mass is 32.2. The normalized spacial score (nSPS) is 17.8. The molecule has 1 aliphatic carbocycles. The van der Waals surface area contributed by atoms with Crippen molar-refractivity contribution in [2.75, 3.05) is 5.75 Å². The Hall–Kier alpha value is -2.51. The molecule has 0 saturated heterocycles. The van der Waals surface area contributed by atoms with Gasteiger partial charge in [0.25, 0.3) is 0 Å². The molecule has 0 amide bonds. The van der Waals surface area contributed by atoms with Gasteiger partial charge in [-0.2, -0.15) is 0 Å². The lowest BCUT2D eigenvalue weighted by Gasteiger charge is -2.38. The van der Waals surface area contributed by atoms with Gasteiger partial charge in [-0.3, -0.25) is 4.79 Å². The number of hydrogen-bond acceptors (Lipinski definition) is 5. The van der Waals surface area contributed by atoms with E-state index in [1.165, 1.54) is 0 Å². The summed E-state index contributed by atoms with van der Waals surface area (Å²) in [4.78, 5) is 13.1. The van der Waals surface area contributed by atoms with Crippen LogP contribution in [0.5, 0.6) is 0 Å². The number of benzene rings is 2. The number of hydrogen-bond donors (Lipinski definition) is 0. The summed E-state index contributed by atoms with van der Waals surface area (Å²) in [5.74, 6) is -0.253. The van der Waals surface area contributed by atoms with E-state index in [2.05, 4.69) is 0 Å². The highest BCUT2D eigenvalue weighted by Gasteiger charge is 2.42. The summed E-state index contributed by atoms with van der Waals surface area (Å²) in [6, 6.07) is 13.4. The molecule has 0 heterocycles. The fraction of sp³-hybridized carbons (Fsp3) is 0.414. The molecule has 0 fully saturated rings. The van der Waals surface area contributed by atoms with E-state index in [1.807, 2.05) is 27.7 Å². The van der Waals surface area contributed by atoms with Gasteiger partial charge >= 0.3 is 0 Å². The number of carbonyl (C=O) groups is 1. The first-order chi connectivity index (χ1) is 16.6. The summed E-state index contributed by atoms with van der Waals surface area (Å²) in [5.41, 5.74) is 3.24. The molecular formula is C29H36O5S2. The Morgan fingerprint density at radius 2 is 1.39 bits per heavy atom. The van der Waals surface area contributed by atoms with Gasteiger partial charge in [0.15, 0.2) is 25.5 Å². The van der Waals surface area contributed by atoms with E-state index < -0.39 is 30.3 Å². The van der Waals surface area contributed by atoms with Gasteiger partial charge in [0.05, 0.1) is 20.8 Å². The maximum absolute atomic E-state index is 14.0. The highest BCUT2D eigenvalue weighted by molar-refractivity contribution is 7.92. The average molecular weight is 529 g/mol. The minimum Gasteiger partial charge on any atom is -0.295 e. The van der Waals surface area contributed by atoms with Crippen LogP contribution >= 0.6 is 0 Å². The van der Waals surface area contributed by atoms with Crippen molar-refractivity contribution >= 4 is 25.5 Å². The molecule has 0 radical (unpaired) electrons. The molecule has 0 aromatic heterocycles. The number of ketones is 1. The standard InChI is InChI=1S/C29H36O5S2/c1-20-7-11-24(12-8-20)35(31,32)18-16-22(3)19-27(28-23(4)26(30)15-17-29(28,5)6)36(33,34)25-13-9-21(2)10-14-25/h7-14,16,27H,15,17-19H2,1-6H3. The molecule has 0 aliphatic heterocycles. The van der Waals surface area contributed by atoms with Crippen LogP contribution in [0.25, 0.3) is 0 Å². The molecule has 7 heteroatoms. The molecule has 1 aliphatic rings. The first-order valence-electron chi connectivity index (χ1n) is 12.2. The van der Waals surface area contributed by atoms with Crippen LogP contribution in [0.4, 0.5) is 0 Å². The number of carbonyl (C=O) groups excluding carboxylic acids is 1. The minimum atomic E-state index is -3.85. The van der Waals surface area contributed by atoms with E-state index in [4.69, 9.17) is 0 Å². The van der Waals surface area contributed by atoms with Crippen molar-refractivity contribution in [1.29, 1.82) is 0 Å². The first kappa shape index (κ1) is 28.1. The summed E-state index contributed by atoms with van der Waals surface area (Å²) in [6.07, 6.45) is 2.68. The Morgan fingerprint density at radius 1 is 0.889 bits per heavy atom. The quantitative estimate of drug-likeness (QED) is 0.395. The van der Waals surface area contributed by atoms with Crippen LogP contribution in [0, 0.1) is 19.3 Å². The first-order valence-corrected chi connectivity index (χ1v) is 15.3. The van der Waals surface area contributed by atoms with E-state index in [1.54, 1.807) is 68.5 Å². The van der Waals surface area contributed by atoms with Crippen LogP contribution in [0.1, 0.15) is 58.1 Å². The van der Waals surface area contributed by atoms with Gasteiger partial charge in [-0.15, -0.1) is 0 Å². The van der Waals surface area contributed by atoms with Gasteiger partial charge in [-0.05, 0) is 81.4 Å². The van der Waals surface area contributed by atoms with Crippen molar-refractivity contribution < 1.29 is 21.6 Å². The summed E-state index contributed by atoms with van der Waals surface area (Å²) < 4.78 is 53.7. The lowest BCUT2D eigenvalue weighted by atomic mass is 9.70. The van der Waals surface area contributed by atoms with E-state index in [-0.39, 0.29) is 27.7 Å². The number of allylic oxidation sites excluding steroid dienone is 2. The average Bonchev–Trinajstić information content (AvgIpc) is 2.80. The van der Waals surface area contributed by atoms with Crippen LogP contribution in [-0.4, -0.2) is 33.6 Å². The van der Waals surface area contributed by atoms with Crippen LogP contribution in [-0.2, 0) is 24.5 Å². The number of rotatable bonds is 8. The fourth-order valence-electron chi connectivity index (χ4n) is 4.81.